The zero-order valence-corrected chi connectivity index (χ0v) is 12.9. The van der Waals surface area contributed by atoms with Crippen molar-refractivity contribution in [3.63, 3.8) is 0 Å². The Kier molecular flexibility index (Phi) is 5.44. The fourth-order valence-corrected chi connectivity index (χ4v) is 2.48. The molecular weight excluding hydrogens is 321 g/mol. The van der Waals surface area contributed by atoms with Crippen LogP contribution in [-0.4, -0.2) is 32.4 Å². The van der Waals surface area contributed by atoms with Gasteiger partial charge in [0.1, 0.15) is 9.84 Å². The number of benzene rings is 1. The molecule has 0 heterocycles. The molecule has 1 amide bonds. The summed E-state index contributed by atoms with van der Waals surface area (Å²) >= 11 is 0. The molecule has 0 spiro atoms. The third-order valence-electron chi connectivity index (χ3n) is 2.92. The quantitative estimate of drug-likeness (QED) is 0.802. The first-order chi connectivity index (χ1) is 9.90. The molecule has 0 saturated heterocycles. The summed E-state index contributed by atoms with van der Waals surface area (Å²) in [6.45, 7) is 1.56. The predicted molar refractivity (Wildman–Crippen MR) is 77.1 cm³/mol. The second-order valence-electron chi connectivity index (χ2n) is 5.09. The molecular formula is C13H17F3N2O3S. The number of carbonyl (C=O) groups is 1. The molecule has 0 radical (unpaired) electrons. The van der Waals surface area contributed by atoms with E-state index in [9.17, 15) is 26.4 Å². The van der Waals surface area contributed by atoms with Gasteiger partial charge >= 0.3 is 6.18 Å². The van der Waals surface area contributed by atoms with Crippen LogP contribution in [0.3, 0.4) is 0 Å². The van der Waals surface area contributed by atoms with E-state index in [1.807, 2.05) is 0 Å². The van der Waals surface area contributed by atoms with Gasteiger partial charge in [0, 0.05) is 18.0 Å². The lowest BCUT2D eigenvalue weighted by Gasteiger charge is -2.15. The number of nitrogens with one attached hydrogen (secondary N) is 1. The van der Waals surface area contributed by atoms with Crippen molar-refractivity contribution in [3.05, 3.63) is 29.3 Å². The third kappa shape index (κ3) is 5.55. The maximum absolute atomic E-state index is 12.6. The number of nitrogens with two attached hydrogens (primary N) is 1. The van der Waals surface area contributed by atoms with Crippen LogP contribution in [0.1, 0.15) is 29.3 Å². The van der Waals surface area contributed by atoms with Gasteiger partial charge in [0.05, 0.1) is 16.9 Å². The molecule has 0 fully saturated rings. The molecule has 0 bridgehead atoms. The van der Waals surface area contributed by atoms with E-state index in [4.69, 9.17) is 5.73 Å². The molecule has 1 atom stereocenters. The number of carbonyl (C=O) groups excluding carboxylic acids is 1. The summed E-state index contributed by atoms with van der Waals surface area (Å²) in [5.41, 5.74) is 4.18. The van der Waals surface area contributed by atoms with Gasteiger partial charge in [-0.15, -0.1) is 0 Å². The molecule has 0 aromatic heterocycles. The summed E-state index contributed by atoms with van der Waals surface area (Å²) in [6, 6.07) is 1.96. The van der Waals surface area contributed by atoms with Crippen molar-refractivity contribution in [2.45, 2.75) is 25.6 Å². The Morgan fingerprint density at radius 3 is 2.45 bits per heavy atom. The van der Waals surface area contributed by atoms with Crippen LogP contribution < -0.4 is 11.1 Å². The van der Waals surface area contributed by atoms with Gasteiger partial charge in [-0.25, -0.2) is 8.42 Å². The minimum atomic E-state index is -4.58. The lowest BCUT2D eigenvalue weighted by atomic mass is 10.1. The van der Waals surface area contributed by atoms with Crippen LogP contribution in [0, 0.1) is 0 Å². The van der Waals surface area contributed by atoms with E-state index in [1.165, 1.54) is 0 Å². The second kappa shape index (κ2) is 6.55. The van der Waals surface area contributed by atoms with E-state index in [2.05, 4.69) is 5.32 Å². The molecule has 0 saturated carbocycles. The highest BCUT2D eigenvalue weighted by molar-refractivity contribution is 7.90. The number of alkyl halides is 3. The van der Waals surface area contributed by atoms with Gasteiger partial charge < -0.3 is 11.1 Å². The van der Waals surface area contributed by atoms with Crippen LogP contribution in [-0.2, 0) is 16.0 Å². The van der Waals surface area contributed by atoms with Crippen molar-refractivity contribution < 1.29 is 26.4 Å². The lowest BCUT2D eigenvalue weighted by molar-refractivity contribution is -0.137. The molecule has 22 heavy (non-hydrogen) atoms. The van der Waals surface area contributed by atoms with Gasteiger partial charge in [-0.1, -0.05) is 0 Å². The molecule has 5 nitrogen and oxygen atoms in total. The number of anilines is 1. The monoisotopic (exact) mass is 338 g/mol. The van der Waals surface area contributed by atoms with Gasteiger partial charge in [0.15, 0.2) is 0 Å². The Labute approximate surface area is 126 Å². The average molecular weight is 338 g/mol. The summed E-state index contributed by atoms with van der Waals surface area (Å²) in [5, 5.41) is 2.44. The van der Waals surface area contributed by atoms with Crippen LogP contribution >= 0.6 is 0 Å². The molecule has 1 aromatic rings. The topological polar surface area (TPSA) is 89.3 Å². The summed E-state index contributed by atoms with van der Waals surface area (Å²) in [5.74, 6) is -0.906. The Morgan fingerprint density at radius 1 is 1.36 bits per heavy atom. The number of hydrogen-bond donors (Lipinski definition) is 2. The van der Waals surface area contributed by atoms with Gasteiger partial charge in [0.2, 0.25) is 0 Å². The van der Waals surface area contributed by atoms with Crippen molar-refractivity contribution in [1.82, 2.24) is 5.32 Å². The van der Waals surface area contributed by atoms with E-state index in [-0.39, 0.29) is 23.4 Å². The highest BCUT2D eigenvalue weighted by Crippen LogP contribution is 2.31. The molecule has 124 valence electrons. The van der Waals surface area contributed by atoms with Crippen molar-refractivity contribution in [3.8, 4) is 0 Å². The zero-order chi connectivity index (χ0) is 17.1. The molecule has 1 rings (SSSR count). The number of rotatable bonds is 5. The van der Waals surface area contributed by atoms with Crippen LogP contribution in [0.4, 0.5) is 18.9 Å². The lowest BCUT2D eigenvalue weighted by Crippen LogP contribution is -2.34. The molecule has 9 heteroatoms. The van der Waals surface area contributed by atoms with E-state index >= 15 is 0 Å². The first kappa shape index (κ1) is 18.3. The first-order valence-electron chi connectivity index (χ1n) is 6.35. The highest BCUT2D eigenvalue weighted by atomic mass is 32.2. The summed E-state index contributed by atoms with van der Waals surface area (Å²) in [4.78, 5) is 12.0. The average Bonchev–Trinajstić information content (AvgIpc) is 2.34. The van der Waals surface area contributed by atoms with Crippen molar-refractivity contribution in [1.29, 1.82) is 0 Å². The van der Waals surface area contributed by atoms with Gasteiger partial charge in [-0.3, -0.25) is 4.79 Å². The van der Waals surface area contributed by atoms with Crippen LogP contribution in [0.5, 0.6) is 0 Å². The maximum atomic E-state index is 12.6. The normalized spacial score (nSPS) is 13.7. The number of halogens is 3. The second-order valence-corrected chi connectivity index (χ2v) is 7.35. The molecule has 0 unspecified atom stereocenters. The number of nitrogen functional groups attached to an aromatic ring is 1. The largest absolute Gasteiger partial charge is 0.416 e. The van der Waals surface area contributed by atoms with Crippen molar-refractivity contribution >= 4 is 21.4 Å². The molecule has 0 aliphatic carbocycles. The highest BCUT2D eigenvalue weighted by Gasteiger charge is 2.31. The molecule has 1 aromatic carbocycles. The van der Waals surface area contributed by atoms with Crippen LogP contribution in [0.2, 0.25) is 0 Å². The number of sulfone groups is 1. The fraction of sp³-hybridized carbons (Fsp3) is 0.462. The Morgan fingerprint density at radius 2 is 1.95 bits per heavy atom. The SMILES string of the molecule is C[C@H](CCS(C)(=O)=O)NC(=O)c1cc(C(F)(F)F)ccc1N. The summed E-state index contributed by atoms with van der Waals surface area (Å²) in [6.07, 6.45) is -3.36. The van der Waals surface area contributed by atoms with Crippen molar-refractivity contribution in [2.75, 3.05) is 17.7 Å². The molecule has 0 aliphatic rings. The van der Waals surface area contributed by atoms with E-state index in [0.29, 0.717) is 6.07 Å². The first-order valence-corrected chi connectivity index (χ1v) is 8.41. The Hall–Kier alpha value is -1.77. The minimum absolute atomic E-state index is 0.0826. The molecule has 0 aliphatic heterocycles. The third-order valence-corrected chi connectivity index (χ3v) is 3.90. The Bertz CT molecular complexity index is 657. The molecule has 3 N–H and O–H groups in total. The number of hydrogen-bond acceptors (Lipinski definition) is 4. The van der Waals surface area contributed by atoms with Gasteiger partial charge in [-0.05, 0) is 31.5 Å². The smallest absolute Gasteiger partial charge is 0.398 e. The number of amides is 1. The van der Waals surface area contributed by atoms with Crippen molar-refractivity contribution in [2.24, 2.45) is 0 Å². The van der Waals surface area contributed by atoms with Gasteiger partial charge in [0.25, 0.3) is 5.91 Å². The summed E-state index contributed by atoms with van der Waals surface area (Å²) < 4.78 is 60.0. The summed E-state index contributed by atoms with van der Waals surface area (Å²) in [7, 11) is -3.18. The van der Waals surface area contributed by atoms with Crippen LogP contribution in [0.25, 0.3) is 0 Å². The van der Waals surface area contributed by atoms with E-state index in [0.717, 1.165) is 18.4 Å². The predicted octanol–water partition coefficient (Wildman–Crippen LogP) is 1.84. The van der Waals surface area contributed by atoms with Crippen LogP contribution in [0.15, 0.2) is 18.2 Å². The standard InChI is InChI=1S/C13H17F3N2O3S/c1-8(5-6-22(2,20)21)18-12(19)10-7-9(13(14,15)16)3-4-11(10)17/h3-4,7-8H,5-6,17H2,1-2H3,(H,18,19)/t8-/m1/s1. The van der Waals surface area contributed by atoms with E-state index in [1.54, 1.807) is 6.92 Å². The minimum Gasteiger partial charge on any atom is -0.398 e. The zero-order valence-electron chi connectivity index (χ0n) is 12.1. The van der Waals surface area contributed by atoms with E-state index < -0.39 is 33.5 Å². The maximum Gasteiger partial charge on any atom is 0.416 e. The van der Waals surface area contributed by atoms with Gasteiger partial charge in [-0.2, -0.15) is 13.2 Å². The Balaban J connectivity index is 2.85. The fourth-order valence-electron chi connectivity index (χ4n) is 1.69.